The normalized spacial score (nSPS) is 12.8. The number of methoxy groups -OCH3 is 2. The molecule has 14 heavy (non-hydrogen) atoms. The molecule has 0 aliphatic heterocycles. The Morgan fingerprint density at radius 3 is 2.64 bits per heavy atom. The topological polar surface area (TPSA) is 56.5 Å². The highest BCUT2D eigenvalue weighted by molar-refractivity contribution is 6.37. The highest BCUT2D eigenvalue weighted by Gasteiger charge is 2.02. The third-order valence-corrected chi connectivity index (χ3v) is 3.51. The molecule has 0 aliphatic rings. The fourth-order valence-electron chi connectivity index (χ4n) is 0.935. The van der Waals surface area contributed by atoms with Crippen molar-refractivity contribution in [1.29, 1.82) is 0 Å². The number of hydrogen-bond acceptors (Lipinski definition) is 4. The summed E-state index contributed by atoms with van der Waals surface area (Å²) in [4.78, 5) is 0. The zero-order chi connectivity index (χ0) is 10.6. The van der Waals surface area contributed by atoms with E-state index < -0.39 is 0 Å². The Hall–Kier alpha value is -0.783. The standard InChI is InChI=1S/C9H20N2O2Si/c1-12-9(13-2)14-8-4-7-11-6-3-5-10/h3-5,7,9,11H,6,8,10,14H2,1-2H3. The smallest absolute Gasteiger partial charge is 0.134 e. The maximum Gasteiger partial charge on any atom is 0.134 e. The van der Waals surface area contributed by atoms with Crippen LogP contribution in [0.1, 0.15) is 0 Å². The van der Waals surface area contributed by atoms with Gasteiger partial charge in [-0.25, -0.2) is 0 Å². The summed E-state index contributed by atoms with van der Waals surface area (Å²) in [6.07, 6.45) is 7.42. The van der Waals surface area contributed by atoms with Crippen molar-refractivity contribution in [2.75, 3.05) is 20.8 Å². The number of allylic oxidation sites excluding steroid dienone is 1. The van der Waals surface area contributed by atoms with Gasteiger partial charge < -0.3 is 20.5 Å². The van der Waals surface area contributed by atoms with E-state index in [1.807, 2.05) is 12.3 Å². The van der Waals surface area contributed by atoms with E-state index in [0.29, 0.717) is 0 Å². The maximum absolute atomic E-state index is 5.17. The van der Waals surface area contributed by atoms with E-state index in [2.05, 4.69) is 11.4 Å². The largest absolute Gasteiger partial charge is 0.405 e. The number of ether oxygens (including phenoxy) is 2. The van der Waals surface area contributed by atoms with Crippen LogP contribution in [0.4, 0.5) is 0 Å². The van der Waals surface area contributed by atoms with Crippen LogP contribution in [-0.2, 0) is 9.47 Å². The van der Waals surface area contributed by atoms with E-state index in [1.54, 1.807) is 14.2 Å². The average molecular weight is 216 g/mol. The molecule has 0 unspecified atom stereocenters. The minimum atomic E-state index is -0.328. The zero-order valence-electron chi connectivity index (χ0n) is 8.90. The molecule has 0 aromatic carbocycles. The SMILES string of the molecule is COC(OC)[SiH2]CC=CNCC=CN. The van der Waals surface area contributed by atoms with Crippen LogP contribution < -0.4 is 11.1 Å². The van der Waals surface area contributed by atoms with Crippen LogP contribution in [0.3, 0.4) is 0 Å². The fourth-order valence-corrected chi connectivity index (χ4v) is 2.04. The lowest BCUT2D eigenvalue weighted by molar-refractivity contribution is -0.0438. The van der Waals surface area contributed by atoms with Gasteiger partial charge in [-0.05, 0) is 24.5 Å². The second-order valence-corrected chi connectivity index (χ2v) is 4.54. The molecule has 0 aromatic rings. The summed E-state index contributed by atoms with van der Waals surface area (Å²) >= 11 is 0. The summed E-state index contributed by atoms with van der Waals surface area (Å²) in [6.45, 7) is 0.770. The summed E-state index contributed by atoms with van der Waals surface area (Å²) < 4.78 is 10.2. The Kier molecular flexibility index (Phi) is 9.72. The van der Waals surface area contributed by atoms with Gasteiger partial charge in [-0.1, -0.05) is 6.08 Å². The lowest BCUT2D eigenvalue weighted by atomic mass is 10.6. The van der Waals surface area contributed by atoms with Crippen molar-refractivity contribution in [3.63, 3.8) is 0 Å². The van der Waals surface area contributed by atoms with Gasteiger partial charge in [0, 0.05) is 20.8 Å². The summed E-state index contributed by atoms with van der Waals surface area (Å²) in [5.41, 5.74) is 5.17. The highest BCUT2D eigenvalue weighted by Crippen LogP contribution is 1.92. The minimum Gasteiger partial charge on any atom is -0.405 e. The molecule has 0 bridgehead atoms. The van der Waals surface area contributed by atoms with Crippen LogP contribution in [0.25, 0.3) is 0 Å². The molecule has 0 aliphatic carbocycles. The van der Waals surface area contributed by atoms with Gasteiger partial charge >= 0.3 is 0 Å². The van der Waals surface area contributed by atoms with Gasteiger partial charge in [0.25, 0.3) is 0 Å². The Labute approximate surface area is 88.0 Å². The van der Waals surface area contributed by atoms with Gasteiger partial charge in [-0.15, -0.1) is 0 Å². The Balaban J connectivity index is 3.33. The zero-order valence-corrected chi connectivity index (χ0v) is 10.3. The Morgan fingerprint density at radius 2 is 2.07 bits per heavy atom. The van der Waals surface area contributed by atoms with Crippen molar-refractivity contribution in [3.05, 3.63) is 24.6 Å². The van der Waals surface area contributed by atoms with Gasteiger partial charge in [0.2, 0.25) is 0 Å². The first kappa shape index (κ1) is 13.2. The van der Waals surface area contributed by atoms with E-state index >= 15 is 0 Å². The quantitative estimate of drug-likeness (QED) is 0.333. The van der Waals surface area contributed by atoms with Gasteiger partial charge in [-0.3, -0.25) is 0 Å². The van der Waals surface area contributed by atoms with Crippen molar-refractivity contribution >= 4 is 9.52 Å². The van der Waals surface area contributed by atoms with Crippen LogP contribution >= 0.6 is 0 Å². The first-order valence-electron chi connectivity index (χ1n) is 4.65. The molecule has 4 nitrogen and oxygen atoms in total. The van der Waals surface area contributed by atoms with E-state index in [1.165, 1.54) is 6.20 Å². The molecule has 3 N–H and O–H groups in total. The number of nitrogens with two attached hydrogens (primary N) is 1. The first-order valence-corrected chi connectivity index (χ1v) is 6.47. The van der Waals surface area contributed by atoms with Crippen LogP contribution in [0.5, 0.6) is 0 Å². The predicted octanol–water partition coefficient (Wildman–Crippen LogP) is -0.274. The fraction of sp³-hybridized carbons (Fsp3) is 0.556. The molecule has 0 heterocycles. The molecule has 0 rings (SSSR count). The van der Waals surface area contributed by atoms with Crippen molar-refractivity contribution in [1.82, 2.24) is 5.32 Å². The molecule has 0 radical (unpaired) electrons. The third kappa shape index (κ3) is 7.84. The van der Waals surface area contributed by atoms with Crippen LogP contribution in [0.2, 0.25) is 6.04 Å². The lowest BCUT2D eigenvalue weighted by Gasteiger charge is -2.10. The molecule has 0 atom stereocenters. The molecular weight excluding hydrogens is 196 g/mol. The molecule has 0 spiro atoms. The summed E-state index contributed by atoms with van der Waals surface area (Å²) in [5, 5.41) is 3.09. The minimum absolute atomic E-state index is 0.0311. The summed E-state index contributed by atoms with van der Waals surface area (Å²) in [6, 6.07) is 1.06. The van der Waals surface area contributed by atoms with E-state index in [0.717, 1.165) is 12.6 Å². The Bertz CT molecular complexity index is 170. The van der Waals surface area contributed by atoms with Gasteiger partial charge in [0.15, 0.2) is 0 Å². The lowest BCUT2D eigenvalue weighted by Crippen LogP contribution is -2.20. The second kappa shape index (κ2) is 10.3. The Morgan fingerprint density at radius 1 is 1.36 bits per heavy atom. The van der Waals surface area contributed by atoms with E-state index in [-0.39, 0.29) is 15.4 Å². The van der Waals surface area contributed by atoms with Crippen LogP contribution in [-0.4, -0.2) is 36.2 Å². The van der Waals surface area contributed by atoms with Gasteiger partial charge in [-0.2, -0.15) is 0 Å². The van der Waals surface area contributed by atoms with Crippen molar-refractivity contribution < 1.29 is 9.47 Å². The molecule has 0 aromatic heterocycles. The molecular formula is C9H20N2O2Si. The summed E-state index contributed by atoms with van der Waals surface area (Å²) in [5.74, 6) is 0.0311. The molecule has 5 heteroatoms. The van der Waals surface area contributed by atoms with Gasteiger partial charge in [0.05, 0.1) is 9.52 Å². The van der Waals surface area contributed by atoms with Gasteiger partial charge in [0.1, 0.15) is 5.91 Å². The molecule has 82 valence electrons. The van der Waals surface area contributed by atoms with E-state index in [4.69, 9.17) is 15.2 Å². The molecule has 0 saturated heterocycles. The number of hydrogen-bond donors (Lipinski definition) is 2. The van der Waals surface area contributed by atoms with Crippen molar-refractivity contribution in [2.24, 2.45) is 5.73 Å². The third-order valence-electron chi connectivity index (χ3n) is 1.70. The first-order chi connectivity index (χ1) is 6.85. The highest BCUT2D eigenvalue weighted by atomic mass is 28.2. The monoisotopic (exact) mass is 216 g/mol. The maximum atomic E-state index is 5.17. The summed E-state index contributed by atoms with van der Waals surface area (Å²) in [7, 11) is 3.02. The molecule has 0 saturated carbocycles. The predicted molar refractivity (Wildman–Crippen MR) is 61.6 cm³/mol. The number of nitrogens with one attached hydrogen (secondary N) is 1. The van der Waals surface area contributed by atoms with E-state index in [9.17, 15) is 0 Å². The van der Waals surface area contributed by atoms with Crippen molar-refractivity contribution in [3.8, 4) is 0 Å². The second-order valence-electron chi connectivity index (χ2n) is 2.72. The van der Waals surface area contributed by atoms with Crippen LogP contribution in [0, 0.1) is 0 Å². The molecule has 0 fully saturated rings. The number of rotatable bonds is 8. The molecule has 0 amide bonds. The van der Waals surface area contributed by atoms with Crippen molar-refractivity contribution in [2.45, 2.75) is 12.0 Å². The van der Waals surface area contributed by atoms with Crippen LogP contribution in [0.15, 0.2) is 24.6 Å². The average Bonchev–Trinajstić information content (AvgIpc) is 2.22.